The molecular weight excluding hydrogens is 348 g/mol. The van der Waals surface area contributed by atoms with E-state index in [1.54, 1.807) is 6.07 Å². The molecule has 3 aromatic rings. The van der Waals surface area contributed by atoms with E-state index >= 15 is 0 Å². The fraction of sp³-hybridized carbons (Fsp3) is 0. The fourth-order valence-electron chi connectivity index (χ4n) is 2.29. The summed E-state index contributed by atoms with van der Waals surface area (Å²) in [5.41, 5.74) is 4.30. The third kappa shape index (κ3) is 3.56. The van der Waals surface area contributed by atoms with E-state index in [2.05, 4.69) is 22.0 Å². The van der Waals surface area contributed by atoms with Crippen LogP contribution in [0.15, 0.2) is 88.3 Å². The minimum Gasteiger partial charge on any atom is -0.248 e. The first-order valence-electron chi connectivity index (χ1n) is 7.17. The normalized spacial score (nSPS) is 9.91. The number of rotatable bonds is 3. The number of benzene rings is 3. The molecule has 0 atom stereocenters. The molecule has 110 valence electrons. The molecule has 0 aromatic heterocycles. The van der Waals surface area contributed by atoms with E-state index in [9.17, 15) is 5.26 Å². The third-order valence-corrected chi connectivity index (χ3v) is 4.10. The molecule has 0 heterocycles. The first-order valence-corrected chi connectivity index (χ1v) is 7.96. The van der Waals surface area contributed by atoms with Crippen molar-refractivity contribution in [2.75, 3.05) is 0 Å². The summed E-state index contributed by atoms with van der Waals surface area (Å²) in [6.45, 7) is 0. The summed E-state index contributed by atoms with van der Waals surface area (Å²) < 4.78 is 0.778. The maximum Gasteiger partial charge on any atom is 0.100 e. The highest BCUT2D eigenvalue weighted by atomic mass is 79.9. The van der Waals surface area contributed by atoms with Crippen LogP contribution >= 0.6 is 15.9 Å². The SMILES string of the molecule is N#Cc1cc(N=C(c2ccccc2)c2ccccc2)ccc1Br. The number of nitrogens with zero attached hydrogens (tertiary/aromatic N) is 2. The van der Waals surface area contributed by atoms with Crippen LogP contribution < -0.4 is 0 Å². The van der Waals surface area contributed by atoms with Gasteiger partial charge in [-0.2, -0.15) is 5.26 Å². The van der Waals surface area contributed by atoms with Gasteiger partial charge in [0.25, 0.3) is 0 Å². The molecule has 0 bridgehead atoms. The Morgan fingerprint density at radius 1 is 0.826 bits per heavy atom. The van der Waals surface area contributed by atoms with Gasteiger partial charge in [-0.15, -0.1) is 0 Å². The highest BCUT2D eigenvalue weighted by Gasteiger charge is 2.07. The van der Waals surface area contributed by atoms with Gasteiger partial charge in [-0.25, -0.2) is 4.99 Å². The lowest BCUT2D eigenvalue weighted by Gasteiger charge is -2.08. The largest absolute Gasteiger partial charge is 0.248 e. The monoisotopic (exact) mass is 360 g/mol. The quantitative estimate of drug-likeness (QED) is 0.568. The molecule has 0 spiro atoms. The van der Waals surface area contributed by atoms with E-state index in [0.717, 1.165) is 27.0 Å². The van der Waals surface area contributed by atoms with E-state index in [0.29, 0.717) is 5.56 Å². The standard InChI is InChI=1S/C20H13BrN2/c21-19-12-11-18(13-17(19)14-22)23-20(15-7-3-1-4-8-15)16-9-5-2-6-10-16/h1-13H. The van der Waals surface area contributed by atoms with E-state index in [-0.39, 0.29) is 0 Å². The molecule has 2 nitrogen and oxygen atoms in total. The van der Waals surface area contributed by atoms with Crippen LogP contribution in [0, 0.1) is 11.3 Å². The second-order valence-corrected chi connectivity index (χ2v) is 5.82. The van der Waals surface area contributed by atoms with Crippen LogP contribution in [0.25, 0.3) is 0 Å². The summed E-state index contributed by atoms with van der Waals surface area (Å²) in [7, 11) is 0. The van der Waals surface area contributed by atoms with Gasteiger partial charge in [0.1, 0.15) is 6.07 Å². The number of hydrogen-bond donors (Lipinski definition) is 0. The van der Waals surface area contributed by atoms with Crippen LogP contribution in [0.3, 0.4) is 0 Å². The van der Waals surface area contributed by atoms with Crippen LogP contribution in [0.1, 0.15) is 16.7 Å². The number of hydrogen-bond acceptors (Lipinski definition) is 2. The van der Waals surface area contributed by atoms with Crippen LogP contribution in [-0.4, -0.2) is 5.71 Å². The first-order chi connectivity index (χ1) is 11.3. The molecule has 3 heteroatoms. The molecule has 3 aromatic carbocycles. The van der Waals surface area contributed by atoms with Crippen molar-refractivity contribution in [2.24, 2.45) is 4.99 Å². The molecule has 0 saturated carbocycles. The van der Waals surface area contributed by atoms with Crippen molar-refractivity contribution in [1.82, 2.24) is 0 Å². The minimum atomic E-state index is 0.576. The van der Waals surface area contributed by atoms with Gasteiger partial charge in [-0.3, -0.25) is 0 Å². The van der Waals surface area contributed by atoms with Crippen molar-refractivity contribution in [3.8, 4) is 6.07 Å². The third-order valence-electron chi connectivity index (χ3n) is 3.41. The predicted molar refractivity (Wildman–Crippen MR) is 97.0 cm³/mol. The van der Waals surface area contributed by atoms with E-state index in [1.165, 1.54) is 0 Å². The second kappa shape index (κ2) is 7.04. The van der Waals surface area contributed by atoms with E-state index < -0.39 is 0 Å². The molecule has 0 fully saturated rings. The summed E-state index contributed by atoms with van der Waals surface area (Å²) in [4.78, 5) is 4.79. The number of halogens is 1. The van der Waals surface area contributed by atoms with Crippen LogP contribution in [0.5, 0.6) is 0 Å². The Bertz CT molecular complexity index is 837. The van der Waals surface area contributed by atoms with Gasteiger partial charge >= 0.3 is 0 Å². The van der Waals surface area contributed by atoms with Crippen LogP contribution in [-0.2, 0) is 0 Å². The molecule has 0 radical (unpaired) electrons. The molecule has 0 saturated heterocycles. The molecule has 23 heavy (non-hydrogen) atoms. The van der Waals surface area contributed by atoms with Crippen molar-refractivity contribution in [3.63, 3.8) is 0 Å². The van der Waals surface area contributed by atoms with Gasteiger partial charge in [-0.05, 0) is 34.1 Å². The Morgan fingerprint density at radius 3 is 1.91 bits per heavy atom. The van der Waals surface area contributed by atoms with Gasteiger partial charge in [0.15, 0.2) is 0 Å². The maximum absolute atomic E-state index is 9.18. The molecule has 0 amide bonds. The van der Waals surface area contributed by atoms with Crippen molar-refractivity contribution < 1.29 is 0 Å². The molecule has 0 aliphatic rings. The van der Waals surface area contributed by atoms with Gasteiger partial charge in [0.2, 0.25) is 0 Å². The van der Waals surface area contributed by atoms with Crippen molar-refractivity contribution >= 4 is 27.3 Å². The van der Waals surface area contributed by atoms with Crippen LogP contribution in [0.4, 0.5) is 5.69 Å². The topological polar surface area (TPSA) is 36.1 Å². The van der Waals surface area contributed by atoms with Crippen molar-refractivity contribution in [3.05, 3.63) is 100 Å². The molecule has 3 rings (SSSR count). The molecular formula is C20H13BrN2. The molecule has 0 aliphatic carbocycles. The Hall–Kier alpha value is -2.70. The molecule has 0 aliphatic heterocycles. The summed E-state index contributed by atoms with van der Waals surface area (Å²) in [5, 5.41) is 9.18. The zero-order chi connectivity index (χ0) is 16.1. The Kier molecular flexibility index (Phi) is 4.65. The van der Waals surface area contributed by atoms with Crippen molar-refractivity contribution in [2.45, 2.75) is 0 Å². The second-order valence-electron chi connectivity index (χ2n) is 4.97. The zero-order valence-corrected chi connectivity index (χ0v) is 13.9. The van der Waals surface area contributed by atoms with E-state index in [4.69, 9.17) is 4.99 Å². The average Bonchev–Trinajstić information content (AvgIpc) is 2.62. The first kappa shape index (κ1) is 15.2. The van der Waals surface area contributed by atoms with E-state index in [1.807, 2.05) is 72.8 Å². The Morgan fingerprint density at radius 2 is 1.39 bits per heavy atom. The molecule has 0 N–H and O–H groups in total. The lowest BCUT2D eigenvalue weighted by Crippen LogP contribution is -2.02. The van der Waals surface area contributed by atoms with Gasteiger partial charge in [0.05, 0.1) is 17.0 Å². The maximum atomic E-state index is 9.18. The fourth-order valence-corrected chi connectivity index (χ4v) is 2.62. The summed E-state index contributed by atoms with van der Waals surface area (Å²) in [6, 6.07) is 27.8. The predicted octanol–water partition coefficient (Wildman–Crippen LogP) is 5.49. The molecule has 0 unspecified atom stereocenters. The minimum absolute atomic E-state index is 0.576. The van der Waals surface area contributed by atoms with Gasteiger partial charge in [0, 0.05) is 15.6 Å². The average molecular weight is 361 g/mol. The number of aliphatic imine (C=N–C) groups is 1. The smallest absolute Gasteiger partial charge is 0.100 e. The highest BCUT2D eigenvalue weighted by molar-refractivity contribution is 9.10. The van der Waals surface area contributed by atoms with Crippen molar-refractivity contribution in [1.29, 1.82) is 5.26 Å². The summed E-state index contributed by atoms with van der Waals surface area (Å²) in [6.07, 6.45) is 0. The zero-order valence-electron chi connectivity index (χ0n) is 12.3. The van der Waals surface area contributed by atoms with Gasteiger partial charge < -0.3 is 0 Å². The Labute approximate surface area is 143 Å². The lowest BCUT2D eigenvalue weighted by molar-refractivity contribution is 1.42. The lowest BCUT2D eigenvalue weighted by atomic mass is 10.0. The summed E-state index contributed by atoms with van der Waals surface area (Å²) >= 11 is 3.38. The Balaban J connectivity index is 2.15. The number of nitriles is 1. The van der Waals surface area contributed by atoms with Crippen LogP contribution in [0.2, 0.25) is 0 Å². The highest BCUT2D eigenvalue weighted by Crippen LogP contribution is 2.24. The van der Waals surface area contributed by atoms with Gasteiger partial charge in [-0.1, -0.05) is 60.7 Å². The summed E-state index contributed by atoms with van der Waals surface area (Å²) in [5.74, 6) is 0.